The molecule has 0 amide bonds. The van der Waals surface area contributed by atoms with Crippen molar-refractivity contribution in [3.8, 4) is 0 Å². The number of hydrogen-bond donors (Lipinski definition) is 1. The molecule has 134 valence electrons. The van der Waals surface area contributed by atoms with Crippen molar-refractivity contribution in [3.05, 3.63) is 40.9 Å². The number of carbonyl (C=O) groups is 1. The van der Waals surface area contributed by atoms with Crippen LogP contribution in [0.4, 0.5) is 5.13 Å². The summed E-state index contributed by atoms with van der Waals surface area (Å²) in [6.07, 6.45) is 5.67. The van der Waals surface area contributed by atoms with E-state index >= 15 is 0 Å². The molecule has 0 aliphatic carbocycles. The molecule has 0 spiro atoms. The number of anilines is 1. The van der Waals surface area contributed by atoms with Gasteiger partial charge in [-0.2, -0.15) is 0 Å². The minimum absolute atomic E-state index is 0.0383. The standard InChI is InChI=1S/C17H20N2O4S2/c1-25(22,23)14-7-4-5-12(9-14)16(21)15-10-18-17(24-15)19-8-3-2-6-13(19)11-20/h4-5,7,9-10,13,20H,2-3,6,8,11H2,1H3. The summed E-state index contributed by atoms with van der Waals surface area (Å²) in [5.74, 6) is -0.244. The van der Waals surface area contributed by atoms with E-state index in [0.29, 0.717) is 10.4 Å². The number of aliphatic hydroxyl groups is 1. The molecule has 1 aliphatic rings. The van der Waals surface area contributed by atoms with Crippen molar-refractivity contribution in [1.29, 1.82) is 0 Å². The Balaban J connectivity index is 1.86. The fraction of sp³-hybridized carbons (Fsp3) is 0.412. The lowest BCUT2D eigenvalue weighted by Gasteiger charge is -2.34. The van der Waals surface area contributed by atoms with Crippen molar-refractivity contribution >= 4 is 32.1 Å². The van der Waals surface area contributed by atoms with Gasteiger partial charge in [0, 0.05) is 18.4 Å². The van der Waals surface area contributed by atoms with Gasteiger partial charge in [-0.15, -0.1) is 0 Å². The molecule has 1 atom stereocenters. The van der Waals surface area contributed by atoms with Gasteiger partial charge < -0.3 is 10.0 Å². The zero-order chi connectivity index (χ0) is 18.0. The molecule has 25 heavy (non-hydrogen) atoms. The van der Waals surface area contributed by atoms with Gasteiger partial charge in [-0.1, -0.05) is 23.5 Å². The minimum Gasteiger partial charge on any atom is -0.394 e. The Hall–Kier alpha value is -1.77. The molecule has 1 saturated heterocycles. The SMILES string of the molecule is CS(=O)(=O)c1cccc(C(=O)c2cnc(N3CCCCC3CO)s2)c1. The molecule has 3 rings (SSSR count). The topological polar surface area (TPSA) is 87.6 Å². The Morgan fingerprint density at radius 3 is 2.92 bits per heavy atom. The Bertz CT molecular complexity index is 876. The maximum atomic E-state index is 12.7. The molecular weight excluding hydrogens is 360 g/mol. The van der Waals surface area contributed by atoms with Gasteiger partial charge in [0.2, 0.25) is 5.78 Å². The van der Waals surface area contributed by atoms with Gasteiger partial charge in [-0.05, 0) is 31.4 Å². The van der Waals surface area contributed by atoms with Gasteiger partial charge in [0.25, 0.3) is 0 Å². The van der Waals surface area contributed by atoms with Crippen LogP contribution in [0.5, 0.6) is 0 Å². The van der Waals surface area contributed by atoms with Crippen LogP contribution in [-0.2, 0) is 9.84 Å². The summed E-state index contributed by atoms with van der Waals surface area (Å²) in [5.41, 5.74) is 0.329. The molecule has 8 heteroatoms. The molecule has 6 nitrogen and oxygen atoms in total. The molecule has 1 N–H and O–H groups in total. The summed E-state index contributed by atoms with van der Waals surface area (Å²) < 4.78 is 23.3. The van der Waals surface area contributed by atoms with E-state index in [1.165, 1.54) is 29.7 Å². The van der Waals surface area contributed by atoms with E-state index in [2.05, 4.69) is 9.88 Å². The quantitative estimate of drug-likeness (QED) is 0.800. The molecule has 1 aliphatic heterocycles. The summed E-state index contributed by atoms with van der Waals surface area (Å²) in [5, 5.41) is 10.3. The minimum atomic E-state index is -3.36. The largest absolute Gasteiger partial charge is 0.394 e. The molecule has 1 aromatic heterocycles. The van der Waals surface area contributed by atoms with Crippen LogP contribution in [-0.4, -0.2) is 49.7 Å². The molecule has 2 heterocycles. The third-order valence-corrected chi connectivity index (χ3v) is 6.47. The van der Waals surface area contributed by atoms with Gasteiger partial charge in [-0.25, -0.2) is 13.4 Å². The first-order chi connectivity index (χ1) is 11.9. The number of aromatic nitrogens is 1. The summed E-state index contributed by atoms with van der Waals surface area (Å²) in [6, 6.07) is 6.08. The highest BCUT2D eigenvalue weighted by Crippen LogP contribution is 2.30. The summed E-state index contributed by atoms with van der Waals surface area (Å²) in [6.45, 7) is 0.884. The van der Waals surface area contributed by atoms with E-state index in [-0.39, 0.29) is 23.3 Å². The third-order valence-electron chi connectivity index (χ3n) is 4.33. The maximum absolute atomic E-state index is 12.7. The van der Waals surface area contributed by atoms with E-state index in [1.54, 1.807) is 12.1 Å². The van der Waals surface area contributed by atoms with E-state index < -0.39 is 9.84 Å². The zero-order valence-electron chi connectivity index (χ0n) is 13.9. The molecule has 2 aromatic rings. The summed E-state index contributed by atoms with van der Waals surface area (Å²) in [4.78, 5) is 19.7. The van der Waals surface area contributed by atoms with Crippen LogP contribution in [0.15, 0.2) is 35.4 Å². The van der Waals surface area contributed by atoms with Crippen molar-refractivity contribution in [3.63, 3.8) is 0 Å². The fourth-order valence-electron chi connectivity index (χ4n) is 2.96. The van der Waals surface area contributed by atoms with Crippen LogP contribution in [0.25, 0.3) is 0 Å². The second-order valence-electron chi connectivity index (χ2n) is 6.16. The van der Waals surface area contributed by atoms with Crippen molar-refractivity contribution in [2.24, 2.45) is 0 Å². The van der Waals surface area contributed by atoms with E-state index in [1.807, 2.05) is 0 Å². The van der Waals surface area contributed by atoms with Gasteiger partial charge in [0.1, 0.15) is 0 Å². The van der Waals surface area contributed by atoms with E-state index in [4.69, 9.17) is 0 Å². The summed E-state index contributed by atoms with van der Waals surface area (Å²) >= 11 is 1.28. The van der Waals surface area contributed by atoms with Crippen molar-refractivity contribution in [1.82, 2.24) is 4.98 Å². The number of thiazole rings is 1. The first-order valence-electron chi connectivity index (χ1n) is 8.08. The van der Waals surface area contributed by atoms with Crippen LogP contribution < -0.4 is 4.90 Å². The highest BCUT2D eigenvalue weighted by Gasteiger charge is 2.25. The Morgan fingerprint density at radius 2 is 2.20 bits per heavy atom. The van der Waals surface area contributed by atoms with Crippen LogP contribution in [0.2, 0.25) is 0 Å². The van der Waals surface area contributed by atoms with Crippen LogP contribution in [0.3, 0.4) is 0 Å². The first kappa shape index (κ1) is 18.0. The molecule has 1 fully saturated rings. The molecule has 0 radical (unpaired) electrons. The normalized spacial score (nSPS) is 18.3. The number of nitrogens with zero attached hydrogens (tertiary/aromatic N) is 2. The molecule has 0 bridgehead atoms. The average molecular weight is 380 g/mol. The molecular formula is C17H20N2O4S2. The average Bonchev–Trinajstić information content (AvgIpc) is 3.10. The van der Waals surface area contributed by atoms with Gasteiger partial charge >= 0.3 is 0 Å². The maximum Gasteiger partial charge on any atom is 0.204 e. The highest BCUT2D eigenvalue weighted by molar-refractivity contribution is 7.90. The summed E-state index contributed by atoms with van der Waals surface area (Å²) in [7, 11) is -3.36. The highest BCUT2D eigenvalue weighted by atomic mass is 32.2. The predicted molar refractivity (Wildman–Crippen MR) is 97.2 cm³/mol. The molecule has 0 saturated carbocycles. The first-order valence-corrected chi connectivity index (χ1v) is 10.8. The van der Waals surface area contributed by atoms with Gasteiger partial charge in [0.05, 0.1) is 28.6 Å². The van der Waals surface area contributed by atoms with E-state index in [9.17, 15) is 18.3 Å². The fourth-order valence-corrected chi connectivity index (χ4v) is 4.60. The number of benzene rings is 1. The van der Waals surface area contributed by atoms with Crippen LogP contribution in [0.1, 0.15) is 34.5 Å². The number of hydrogen-bond acceptors (Lipinski definition) is 7. The number of aliphatic hydroxyl groups excluding tert-OH is 1. The zero-order valence-corrected chi connectivity index (χ0v) is 15.5. The number of carbonyl (C=O) groups excluding carboxylic acids is 1. The Kier molecular flexibility index (Phi) is 5.21. The smallest absolute Gasteiger partial charge is 0.204 e. The van der Waals surface area contributed by atoms with Crippen LogP contribution >= 0.6 is 11.3 Å². The lowest BCUT2D eigenvalue weighted by Crippen LogP contribution is -2.41. The second kappa shape index (κ2) is 7.23. The lowest BCUT2D eigenvalue weighted by molar-refractivity contribution is 0.104. The van der Waals surface area contributed by atoms with Crippen molar-refractivity contribution in [2.45, 2.75) is 30.2 Å². The third kappa shape index (κ3) is 3.91. The molecule has 1 aromatic carbocycles. The molecule has 1 unspecified atom stereocenters. The monoisotopic (exact) mass is 380 g/mol. The number of piperidine rings is 1. The Labute approximate surface area is 151 Å². The van der Waals surface area contributed by atoms with Crippen LogP contribution in [0, 0.1) is 0 Å². The van der Waals surface area contributed by atoms with Gasteiger partial charge in [0.15, 0.2) is 15.0 Å². The van der Waals surface area contributed by atoms with Gasteiger partial charge in [-0.3, -0.25) is 4.79 Å². The Morgan fingerprint density at radius 1 is 1.40 bits per heavy atom. The number of rotatable bonds is 5. The van der Waals surface area contributed by atoms with Crippen molar-refractivity contribution < 1.29 is 18.3 Å². The number of sulfone groups is 1. The predicted octanol–water partition coefficient (Wildman–Crippen LogP) is 2.13. The van der Waals surface area contributed by atoms with E-state index in [0.717, 1.165) is 37.2 Å². The lowest BCUT2D eigenvalue weighted by atomic mass is 10.0. The second-order valence-corrected chi connectivity index (χ2v) is 9.19. The number of ketones is 1. The van der Waals surface area contributed by atoms with Crippen molar-refractivity contribution in [2.75, 3.05) is 24.3 Å².